The van der Waals surface area contributed by atoms with Gasteiger partial charge in [0.1, 0.15) is 0 Å². The molecular formula is C26H31N5O2. The molecule has 0 aliphatic heterocycles. The first-order valence-corrected chi connectivity index (χ1v) is 11.9. The maximum absolute atomic E-state index is 13.0. The summed E-state index contributed by atoms with van der Waals surface area (Å²) in [5.41, 5.74) is 5.97. The van der Waals surface area contributed by atoms with Gasteiger partial charge in [0.2, 0.25) is 11.7 Å². The van der Waals surface area contributed by atoms with E-state index >= 15 is 0 Å². The van der Waals surface area contributed by atoms with Gasteiger partial charge in [0.25, 0.3) is 0 Å². The van der Waals surface area contributed by atoms with Gasteiger partial charge in [-0.3, -0.25) is 4.79 Å². The minimum absolute atomic E-state index is 0.136. The molecule has 2 aliphatic carbocycles. The summed E-state index contributed by atoms with van der Waals surface area (Å²) in [7, 11) is 1.70. The van der Waals surface area contributed by atoms with E-state index in [1.807, 2.05) is 18.2 Å². The van der Waals surface area contributed by atoms with Gasteiger partial charge < -0.3 is 10.1 Å². The number of nitrogens with zero attached hydrogens (tertiary/aromatic N) is 3. The second kappa shape index (κ2) is 9.43. The maximum Gasteiger partial charge on any atom is 0.227 e. The average Bonchev–Trinajstić information content (AvgIpc) is 3.46. The van der Waals surface area contributed by atoms with Crippen molar-refractivity contribution in [1.82, 2.24) is 20.6 Å². The minimum Gasteiger partial charge on any atom is -0.380 e. The number of nitrogens with one attached hydrogen (secondary N) is 2. The van der Waals surface area contributed by atoms with Crippen molar-refractivity contribution in [3.63, 3.8) is 0 Å². The fourth-order valence-electron chi connectivity index (χ4n) is 5.35. The number of carbonyl (C=O) groups is 1. The van der Waals surface area contributed by atoms with Gasteiger partial charge in [-0.05, 0) is 64.8 Å². The Hall–Kier alpha value is -3.06. The molecule has 0 bridgehead atoms. The van der Waals surface area contributed by atoms with Crippen LogP contribution in [0, 0.1) is 24.7 Å². The number of carbonyl (C=O) groups excluding carboxylic acids is 1. The fourth-order valence-corrected chi connectivity index (χ4v) is 5.35. The minimum atomic E-state index is 0.136. The molecule has 0 spiro atoms. The van der Waals surface area contributed by atoms with Crippen molar-refractivity contribution >= 4 is 11.6 Å². The van der Waals surface area contributed by atoms with Crippen LogP contribution in [0.15, 0.2) is 36.4 Å². The van der Waals surface area contributed by atoms with Gasteiger partial charge in [-0.15, -0.1) is 10.2 Å². The number of anilines is 1. The molecule has 1 amide bonds. The first-order valence-electron chi connectivity index (χ1n) is 11.9. The lowest BCUT2D eigenvalue weighted by atomic mass is 9.85. The first-order chi connectivity index (χ1) is 16.1. The van der Waals surface area contributed by atoms with E-state index in [-0.39, 0.29) is 11.8 Å². The van der Waals surface area contributed by atoms with Crippen LogP contribution >= 0.6 is 0 Å². The van der Waals surface area contributed by atoms with Crippen molar-refractivity contribution in [3.8, 4) is 22.5 Å². The van der Waals surface area contributed by atoms with Gasteiger partial charge in [0, 0.05) is 24.3 Å². The van der Waals surface area contributed by atoms with Crippen LogP contribution in [-0.4, -0.2) is 33.6 Å². The third-order valence-corrected chi connectivity index (χ3v) is 7.26. The van der Waals surface area contributed by atoms with Gasteiger partial charge in [-0.25, -0.2) is 0 Å². The summed E-state index contributed by atoms with van der Waals surface area (Å²) in [6.45, 7) is 2.66. The Balaban J connectivity index is 1.38. The predicted molar refractivity (Wildman–Crippen MR) is 127 cm³/mol. The smallest absolute Gasteiger partial charge is 0.227 e. The zero-order valence-corrected chi connectivity index (χ0v) is 19.3. The van der Waals surface area contributed by atoms with Crippen molar-refractivity contribution in [2.24, 2.45) is 17.8 Å². The molecule has 7 nitrogen and oxygen atoms in total. The molecule has 0 unspecified atom stereocenters. The summed E-state index contributed by atoms with van der Waals surface area (Å²) in [5, 5.41) is 17.8. The van der Waals surface area contributed by atoms with Crippen molar-refractivity contribution in [3.05, 3.63) is 47.5 Å². The third kappa shape index (κ3) is 4.69. The van der Waals surface area contributed by atoms with Gasteiger partial charge in [-0.1, -0.05) is 56.4 Å². The van der Waals surface area contributed by atoms with Crippen molar-refractivity contribution in [2.75, 3.05) is 12.4 Å². The molecule has 5 rings (SSSR count). The zero-order valence-electron chi connectivity index (χ0n) is 19.3. The van der Waals surface area contributed by atoms with Gasteiger partial charge in [-0.2, -0.15) is 5.21 Å². The number of benzene rings is 2. The monoisotopic (exact) mass is 445 g/mol. The Labute approximate surface area is 194 Å². The molecule has 0 radical (unpaired) electrons. The van der Waals surface area contributed by atoms with Gasteiger partial charge >= 0.3 is 0 Å². The molecule has 2 aromatic carbocycles. The van der Waals surface area contributed by atoms with E-state index in [0.717, 1.165) is 45.8 Å². The number of H-pyrrole nitrogens is 1. The van der Waals surface area contributed by atoms with Crippen LogP contribution in [-0.2, 0) is 16.1 Å². The molecule has 2 N–H and O–H groups in total. The highest BCUT2D eigenvalue weighted by Gasteiger charge is 2.47. The van der Waals surface area contributed by atoms with E-state index in [4.69, 9.17) is 4.74 Å². The second-order valence-corrected chi connectivity index (χ2v) is 9.46. The zero-order chi connectivity index (χ0) is 22.8. The number of tetrazole rings is 1. The number of methoxy groups -OCH3 is 1. The van der Waals surface area contributed by atoms with E-state index in [9.17, 15) is 4.79 Å². The maximum atomic E-state index is 13.0. The Morgan fingerprint density at radius 1 is 1.12 bits per heavy atom. The summed E-state index contributed by atoms with van der Waals surface area (Å²) >= 11 is 0. The van der Waals surface area contributed by atoms with Crippen LogP contribution in [0.1, 0.15) is 49.7 Å². The number of aromatic amines is 1. The van der Waals surface area contributed by atoms with Crippen LogP contribution in [0.4, 0.5) is 5.69 Å². The molecule has 2 fully saturated rings. The molecule has 2 aliphatic rings. The number of ether oxygens (including phenoxy) is 1. The number of rotatable bonds is 7. The lowest BCUT2D eigenvalue weighted by Crippen LogP contribution is -2.18. The second-order valence-electron chi connectivity index (χ2n) is 9.46. The highest BCUT2D eigenvalue weighted by molar-refractivity contribution is 5.96. The SMILES string of the molecule is COCc1ccc(-c2ccc(NC(=O)[C@@H]3C[C@H]3C3CCCCC3)cc2-c2nn[nH]n2)cc1C. The van der Waals surface area contributed by atoms with E-state index in [1.54, 1.807) is 7.11 Å². The Morgan fingerprint density at radius 2 is 1.97 bits per heavy atom. The lowest BCUT2D eigenvalue weighted by Gasteiger charge is -2.21. The van der Waals surface area contributed by atoms with E-state index in [0.29, 0.717) is 18.3 Å². The average molecular weight is 446 g/mol. The number of aromatic nitrogens is 4. The molecular weight excluding hydrogens is 414 g/mol. The molecule has 1 heterocycles. The molecule has 2 saturated carbocycles. The third-order valence-electron chi connectivity index (χ3n) is 7.26. The van der Waals surface area contributed by atoms with Crippen LogP contribution in [0.5, 0.6) is 0 Å². The summed E-state index contributed by atoms with van der Waals surface area (Å²) in [6, 6.07) is 12.3. The summed E-state index contributed by atoms with van der Waals surface area (Å²) < 4.78 is 5.29. The largest absolute Gasteiger partial charge is 0.380 e. The summed E-state index contributed by atoms with van der Waals surface area (Å²) in [4.78, 5) is 13.0. The molecule has 0 saturated heterocycles. The molecule has 3 aromatic rings. The topological polar surface area (TPSA) is 92.8 Å². The van der Waals surface area contributed by atoms with Gasteiger partial charge in [0.05, 0.1) is 6.61 Å². The highest BCUT2D eigenvalue weighted by atomic mass is 16.5. The fraction of sp³-hybridized carbons (Fsp3) is 0.462. The van der Waals surface area contributed by atoms with Crippen LogP contribution in [0.2, 0.25) is 0 Å². The standard InChI is InChI=1S/C26H31N5O2/c1-16-12-18(8-9-19(16)15-33-2)21-11-10-20(13-23(21)25-28-30-31-29-25)27-26(32)24-14-22(24)17-6-4-3-5-7-17/h8-13,17,22,24H,3-7,14-15H2,1-2H3,(H,27,32)(H,28,29,30,31)/t22-,24+/m0/s1. The number of hydrogen-bond acceptors (Lipinski definition) is 5. The van der Waals surface area contributed by atoms with E-state index in [2.05, 4.69) is 51.1 Å². The van der Waals surface area contributed by atoms with Crippen molar-refractivity contribution in [1.29, 1.82) is 0 Å². The predicted octanol–water partition coefficient (Wildman–Crippen LogP) is 5.14. The Bertz CT molecular complexity index is 1120. The summed E-state index contributed by atoms with van der Waals surface area (Å²) in [5.74, 6) is 2.09. The van der Waals surface area contributed by atoms with Crippen molar-refractivity contribution < 1.29 is 9.53 Å². The molecule has 33 heavy (non-hydrogen) atoms. The number of amides is 1. The quantitative estimate of drug-likeness (QED) is 0.525. The van der Waals surface area contributed by atoms with Gasteiger partial charge in [0.15, 0.2) is 0 Å². The van der Waals surface area contributed by atoms with Crippen LogP contribution in [0.3, 0.4) is 0 Å². The summed E-state index contributed by atoms with van der Waals surface area (Å²) in [6.07, 6.45) is 7.58. The normalized spacial score (nSPS) is 20.5. The van der Waals surface area contributed by atoms with Crippen molar-refractivity contribution in [2.45, 2.75) is 52.1 Å². The molecule has 2 atom stereocenters. The molecule has 1 aromatic heterocycles. The molecule has 172 valence electrons. The Morgan fingerprint density at radius 3 is 2.70 bits per heavy atom. The first kappa shape index (κ1) is 21.8. The Kier molecular flexibility index (Phi) is 6.22. The van der Waals surface area contributed by atoms with Crippen LogP contribution < -0.4 is 5.32 Å². The van der Waals surface area contributed by atoms with E-state index in [1.165, 1.54) is 32.1 Å². The highest BCUT2D eigenvalue weighted by Crippen LogP contribution is 2.49. The van der Waals surface area contributed by atoms with E-state index < -0.39 is 0 Å². The van der Waals surface area contributed by atoms with Crippen LogP contribution in [0.25, 0.3) is 22.5 Å². The molecule has 7 heteroatoms. The number of aryl methyl sites for hydroxylation is 1. The lowest BCUT2D eigenvalue weighted by molar-refractivity contribution is -0.117. The number of hydrogen-bond donors (Lipinski definition) is 2.